The Balaban J connectivity index is 1.61. The summed E-state index contributed by atoms with van der Waals surface area (Å²) < 4.78 is 0. The number of aromatic nitrogens is 1. The summed E-state index contributed by atoms with van der Waals surface area (Å²) in [5.74, 6) is 0.161. The zero-order chi connectivity index (χ0) is 14.8. The van der Waals surface area contributed by atoms with Crippen LogP contribution in [-0.4, -0.2) is 58.1 Å². The molecule has 0 radical (unpaired) electrons. The number of aliphatic hydroxyl groups excluding tert-OH is 1. The number of nitrogens with zero attached hydrogens (tertiary/aromatic N) is 3. The summed E-state index contributed by atoms with van der Waals surface area (Å²) in [6.45, 7) is 5.39. The Kier molecular flexibility index (Phi) is 4.22. The lowest BCUT2D eigenvalue weighted by molar-refractivity contribution is -0.133. The van der Waals surface area contributed by atoms with Gasteiger partial charge >= 0.3 is 0 Å². The van der Waals surface area contributed by atoms with Crippen molar-refractivity contribution in [1.29, 1.82) is 0 Å². The minimum atomic E-state index is -0.267. The van der Waals surface area contributed by atoms with Crippen LogP contribution in [0.3, 0.4) is 0 Å². The van der Waals surface area contributed by atoms with Crippen molar-refractivity contribution in [3.8, 4) is 0 Å². The number of rotatable bonds is 3. The third-order valence-corrected chi connectivity index (χ3v) is 4.43. The van der Waals surface area contributed by atoms with E-state index in [-0.39, 0.29) is 12.0 Å². The fourth-order valence-corrected chi connectivity index (χ4v) is 3.12. The van der Waals surface area contributed by atoms with Gasteiger partial charge in [0.1, 0.15) is 0 Å². The first kappa shape index (κ1) is 14.5. The highest BCUT2D eigenvalue weighted by molar-refractivity contribution is 5.78. The highest BCUT2D eigenvalue weighted by atomic mass is 16.3. The Labute approximate surface area is 125 Å². The van der Waals surface area contributed by atoms with Gasteiger partial charge in [-0.05, 0) is 24.5 Å². The van der Waals surface area contributed by atoms with Crippen LogP contribution in [0.15, 0.2) is 12.1 Å². The number of aryl methyl sites for hydroxylation is 1. The third kappa shape index (κ3) is 3.24. The molecule has 0 unspecified atom stereocenters. The number of amides is 1. The molecule has 21 heavy (non-hydrogen) atoms. The number of likely N-dealkylation sites (tertiary alicyclic amines) is 1. The van der Waals surface area contributed by atoms with Gasteiger partial charge in [0, 0.05) is 44.0 Å². The predicted molar refractivity (Wildman–Crippen MR) is 79.8 cm³/mol. The van der Waals surface area contributed by atoms with Crippen molar-refractivity contribution < 1.29 is 9.90 Å². The van der Waals surface area contributed by atoms with Crippen molar-refractivity contribution in [2.24, 2.45) is 0 Å². The molecular formula is C16H23N3O2. The van der Waals surface area contributed by atoms with Crippen LogP contribution in [0.2, 0.25) is 0 Å². The minimum Gasteiger partial charge on any atom is -0.392 e. The molecular weight excluding hydrogens is 266 g/mol. The number of carbonyl (C=O) groups excluding carboxylic acids is 1. The molecule has 1 amide bonds. The normalized spacial score (nSPS) is 22.4. The molecule has 0 saturated carbocycles. The largest absolute Gasteiger partial charge is 0.392 e. The van der Waals surface area contributed by atoms with E-state index in [1.165, 1.54) is 5.56 Å². The average Bonchev–Trinajstić information content (AvgIpc) is 2.91. The van der Waals surface area contributed by atoms with Crippen molar-refractivity contribution in [3.05, 3.63) is 29.1 Å². The first-order valence-electron chi connectivity index (χ1n) is 7.81. The van der Waals surface area contributed by atoms with Crippen molar-refractivity contribution >= 4 is 5.91 Å². The van der Waals surface area contributed by atoms with Crippen molar-refractivity contribution in [2.45, 2.75) is 38.8 Å². The summed E-state index contributed by atoms with van der Waals surface area (Å²) in [5, 5.41) is 9.53. The smallest absolute Gasteiger partial charge is 0.237 e. The van der Waals surface area contributed by atoms with Crippen LogP contribution in [0.25, 0.3) is 0 Å². The van der Waals surface area contributed by atoms with E-state index in [1.807, 2.05) is 9.80 Å². The molecule has 5 nitrogen and oxygen atoms in total. The number of hydrogen-bond donors (Lipinski definition) is 1. The SMILES string of the molecule is CCc1ccc2c(n1)CCN(C(=O)CN1CC[C@H](O)C1)C2. The molecule has 2 aliphatic heterocycles. The van der Waals surface area contributed by atoms with Crippen LogP contribution in [-0.2, 0) is 24.2 Å². The second kappa shape index (κ2) is 6.12. The number of hydrogen-bond acceptors (Lipinski definition) is 4. The van der Waals surface area contributed by atoms with Gasteiger partial charge in [0.15, 0.2) is 0 Å². The molecule has 3 heterocycles. The highest BCUT2D eigenvalue weighted by Crippen LogP contribution is 2.19. The topological polar surface area (TPSA) is 56.7 Å². The third-order valence-electron chi connectivity index (χ3n) is 4.43. The molecule has 0 aromatic carbocycles. The van der Waals surface area contributed by atoms with Gasteiger partial charge in [-0.15, -0.1) is 0 Å². The molecule has 1 aromatic rings. The lowest BCUT2D eigenvalue weighted by atomic mass is 10.0. The van der Waals surface area contributed by atoms with Crippen molar-refractivity contribution in [2.75, 3.05) is 26.2 Å². The van der Waals surface area contributed by atoms with Gasteiger partial charge in [0.05, 0.1) is 12.6 Å². The first-order valence-corrected chi connectivity index (χ1v) is 7.81. The van der Waals surface area contributed by atoms with Crippen molar-refractivity contribution in [1.82, 2.24) is 14.8 Å². The molecule has 3 rings (SSSR count). The molecule has 1 atom stereocenters. The monoisotopic (exact) mass is 289 g/mol. The fourth-order valence-electron chi connectivity index (χ4n) is 3.12. The summed E-state index contributed by atoms with van der Waals surface area (Å²) in [7, 11) is 0. The predicted octanol–water partition coefficient (Wildman–Crippen LogP) is 0.595. The number of pyridine rings is 1. The Morgan fingerprint density at radius 2 is 2.29 bits per heavy atom. The molecule has 5 heteroatoms. The molecule has 2 aliphatic rings. The Hall–Kier alpha value is -1.46. The van der Waals surface area contributed by atoms with Gasteiger partial charge in [-0.3, -0.25) is 14.7 Å². The van der Waals surface area contributed by atoms with E-state index in [4.69, 9.17) is 0 Å². The van der Waals surface area contributed by atoms with E-state index >= 15 is 0 Å². The summed E-state index contributed by atoms with van der Waals surface area (Å²) in [6, 6.07) is 4.17. The number of carbonyl (C=O) groups is 1. The van der Waals surface area contributed by atoms with E-state index < -0.39 is 0 Å². The van der Waals surface area contributed by atoms with Crippen LogP contribution >= 0.6 is 0 Å². The second-order valence-electron chi connectivity index (χ2n) is 6.00. The fraction of sp³-hybridized carbons (Fsp3) is 0.625. The van der Waals surface area contributed by atoms with E-state index in [0.29, 0.717) is 19.6 Å². The van der Waals surface area contributed by atoms with E-state index in [9.17, 15) is 9.90 Å². The molecule has 1 aromatic heterocycles. The molecule has 1 fully saturated rings. The van der Waals surface area contributed by atoms with Gasteiger partial charge in [0.25, 0.3) is 0 Å². The quantitative estimate of drug-likeness (QED) is 0.885. The maximum atomic E-state index is 12.4. The molecule has 1 N–H and O–H groups in total. The van der Waals surface area contributed by atoms with Crippen LogP contribution in [0, 0.1) is 0 Å². The summed E-state index contributed by atoms with van der Waals surface area (Å²) in [6.07, 6.45) is 2.31. The Bertz CT molecular complexity index is 532. The summed E-state index contributed by atoms with van der Waals surface area (Å²) in [5.41, 5.74) is 3.45. The van der Waals surface area contributed by atoms with Crippen LogP contribution in [0.5, 0.6) is 0 Å². The highest BCUT2D eigenvalue weighted by Gasteiger charge is 2.26. The van der Waals surface area contributed by atoms with E-state index in [0.717, 1.165) is 43.7 Å². The minimum absolute atomic E-state index is 0.161. The van der Waals surface area contributed by atoms with Gasteiger partial charge in [-0.1, -0.05) is 13.0 Å². The standard InChI is InChI=1S/C16H23N3O2/c1-2-13-4-3-12-9-19(8-6-15(12)17-13)16(21)11-18-7-5-14(20)10-18/h3-4,14,20H,2,5-11H2,1H3/t14-/m0/s1. The van der Waals surface area contributed by atoms with Crippen LogP contribution in [0.1, 0.15) is 30.3 Å². The molecule has 0 aliphatic carbocycles. The van der Waals surface area contributed by atoms with Gasteiger partial charge in [-0.25, -0.2) is 0 Å². The number of aliphatic hydroxyl groups is 1. The van der Waals surface area contributed by atoms with E-state index in [1.54, 1.807) is 0 Å². The van der Waals surface area contributed by atoms with Crippen LogP contribution < -0.4 is 0 Å². The number of fused-ring (bicyclic) bond motifs is 1. The number of β-amino-alcohol motifs (C(OH)–C–C–N with tert-alkyl or cyclic N) is 1. The van der Waals surface area contributed by atoms with Crippen molar-refractivity contribution in [3.63, 3.8) is 0 Å². The van der Waals surface area contributed by atoms with Gasteiger partial charge in [-0.2, -0.15) is 0 Å². The van der Waals surface area contributed by atoms with Crippen LogP contribution in [0.4, 0.5) is 0 Å². The van der Waals surface area contributed by atoms with Gasteiger partial charge < -0.3 is 10.0 Å². The lowest BCUT2D eigenvalue weighted by Gasteiger charge is -2.30. The second-order valence-corrected chi connectivity index (χ2v) is 6.00. The zero-order valence-corrected chi connectivity index (χ0v) is 12.6. The molecule has 114 valence electrons. The van der Waals surface area contributed by atoms with Gasteiger partial charge in [0.2, 0.25) is 5.91 Å². The summed E-state index contributed by atoms with van der Waals surface area (Å²) in [4.78, 5) is 21.0. The van der Waals surface area contributed by atoms with E-state index in [2.05, 4.69) is 24.0 Å². The summed E-state index contributed by atoms with van der Waals surface area (Å²) >= 11 is 0. The first-order chi connectivity index (χ1) is 10.2. The molecule has 0 bridgehead atoms. The lowest BCUT2D eigenvalue weighted by Crippen LogP contribution is -2.42. The Morgan fingerprint density at radius 3 is 3.00 bits per heavy atom. The maximum absolute atomic E-state index is 12.4. The molecule has 0 spiro atoms. The zero-order valence-electron chi connectivity index (χ0n) is 12.6. The Morgan fingerprint density at radius 1 is 1.43 bits per heavy atom. The average molecular weight is 289 g/mol. The molecule has 1 saturated heterocycles. The maximum Gasteiger partial charge on any atom is 0.237 e.